The van der Waals surface area contributed by atoms with Crippen LogP contribution >= 0.6 is 11.6 Å². The Bertz CT molecular complexity index is 225. The molecule has 1 rings (SSSR count). The Morgan fingerprint density at radius 3 is 2.47 bits per heavy atom. The van der Waals surface area contributed by atoms with Gasteiger partial charge in [0, 0.05) is 19.7 Å². The minimum atomic E-state index is -0.386. The average molecular weight is 234 g/mol. The van der Waals surface area contributed by atoms with Crippen molar-refractivity contribution < 1.29 is 9.90 Å². The molecule has 4 heteroatoms. The molecule has 88 valence electrons. The van der Waals surface area contributed by atoms with E-state index in [1.807, 2.05) is 11.8 Å². The minimum absolute atomic E-state index is 0.00912. The first-order valence-electron chi connectivity index (χ1n) is 5.56. The largest absolute Gasteiger partial charge is 0.396 e. The van der Waals surface area contributed by atoms with Crippen molar-refractivity contribution in [2.45, 2.75) is 38.5 Å². The molecule has 0 aromatic heterocycles. The fourth-order valence-electron chi connectivity index (χ4n) is 1.80. The van der Waals surface area contributed by atoms with Gasteiger partial charge in [0.05, 0.1) is 0 Å². The number of aliphatic hydroxyl groups excluding tert-OH is 1. The second-order valence-corrected chi connectivity index (χ2v) is 5.20. The van der Waals surface area contributed by atoms with Gasteiger partial charge in [-0.1, -0.05) is 13.8 Å². The van der Waals surface area contributed by atoms with Gasteiger partial charge in [-0.3, -0.25) is 4.79 Å². The van der Waals surface area contributed by atoms with Gasteiger partial charge in [0.1, 0.15) is 5.38 Å². The van der Waals surface area contributed by atoms with Gasteiger partial charge < -0.3 is 10.0 Å². The molecule has 0 aliphatic carbocycles. The van der Waals surface area contributed by atoms with Crippen LogP contribution in [0.1, 0.15) is 33.1 Å². The standard InChI is InChI=1S/C11H20ClNO2/c1-3-9(12)10(15)13-6-4-11(2,8-14)5-7-13/h9,14H,3-8H2,1-2H3/t9-/m0/s1. The van der Waals surface area contributed by atoms with Crippen molar-refractivity contribution >= 4 is 17.5 Å². The number of carbonyl (C=O) groups excluding carboxylic acids is 1. The van der Waals surface area contributed by atoms with Crippen LogP contribution in [-0.2, 0) is 4.79 Å². The van der Waals surface area contributed by atoms with E-state index < -0.39 is 0 Å². The van der Waals surface area contributed by atoms with E-state index in [4.69, 9.17) is 11.6 Å². The summed E-state index contributed by atoms with van der Waals surface area (Å²) in [5, 5.41) is 8.82. The van der Waals surface area contributed by atoms with Crippen molar-refractivity contribution in [3.8, 4) is 0 Å². The number of alkyl halides is 1. The maximum atomic E-state index is 11.8. The zero-order valence-corrected chi connectivity index (χ0v) is 10.3. The molecule has 1 aliphatic rings. The lowest BCUT2D eigenvalue weighted by Gasteiger charge is -2.38. The lowest BCUT2D eigenvalue weighted by molar-refractivity contribution is -0.133. The first-order chi connectivity index (χ1) is 7.02. The molecule has 0 spiro atoms. The maximum absolute atomic E-state index is 11.8. The maximum Gasteiger partial charge on any atom is 0.240 e. The van der Waals surface area contributed by atoms with Gasteiger partial charge in [-0.05, 0) is 24.7 Å². The molecule has 0 radical (unpaired) electrons. The zero-order valence-electron chi connectivity index (χ0n) is 9.50. The van der Waals surface area contributed by atoms with Crippen LogP contribution in [0.4, 0.5) is 0 Å². The molecular weight excluding hydrogens is 214 g/mol. The van der Waals surface area contributed by atoms with Crippen LogP contribution in [0.25, 0.3) is 0 Å². The molecule has 1 fully saturated rings. The molecule has 0 bridgehead atoms. The smallest absolute Gasteiger partial charge is 0.240 e. The third kappa shape index (κ3) is 3.08. The number of hydrogen-bond acceptors (Lipinski definition) is 2. The van der Waals surface area contributed by atoms with E-state index >= 15 is 0 Å². The second kappa shape index (κ2) is 5.17. The van der Waals surface area contributed by atoms with Crippen molar-refractivity contribution in [1.82, 2.24) is 4.90 Å². The molecule has 1 saturated heterocycles. The Balaban J connectivity index is 2.47. The van der Waals surface area contributed by atoms with Gasteiger partial charge >= 0.3 is 0 Å². The number of nitrogens with zero attached hydrogens (tertiary/aromatic N) is 1. The molecule has 0 unspecified atom stereocenters. The monoisotopic (exact) mass is 233 g/mol. The Hall–Kier alpha value is -0.280. The first-order valence-corrected chi connectivity index (χ1v) is 6.00. The normalized spacial score (nSPS) is 22.5. The van der Waals surface area contributed by atoms with Crippen LogP contribution < -0.4 is 0 Å². The van der Waals surface area contributed by atoms with E-state index in [9.17, 15) is 9.90 Å². The minimum Gasteiger partial charge on any atom is -0.396 e. The highest BCUT2D eigenvalue weighted by atomic mass is 35.5. The Morgan fingerprint density at radius 1 is 1.53 bits per heavy atom. The SMILES string of the molecule is CC[C@H](Cl)C(=O)N1CCC(C)(CO)CC1. The second-order valence-electron chi connectivity index (χ2n) is 4.67. The van der Waals surface area contributed by atoms with Crippen LogP contribution in [-0.4, -0.2) is 41.0 Å². The number of aliphatic hydroxyl groups is 1. The fraction of sp³-hybridized carbons (Fsp3) is 0.909. The van der Waals surface area contributed by atoms with Crippen molar-refractivity contribution in [2.24, 2.45) is 5.41 Å². The first kappa shape index (κ1) is 12.8. The molecule has 1 aliphatic heterocycles. The van der Waals surface area contributed by atoms with Gasteiger partial charge in [-0.2, -0.15) is 0 Å². The van der Waals surface area contributed by atoms with Crippen LogP contribution in [0.2, 0.25) is 0 Å². The highest BCUT2D eigenvalue weighted by Crippen LogP contribution is 2.30. The number of carbonyl (C=O) groups is 1. The third-order valence-electron chi connectivity index (χ3n) is 3.29. The molecule has 1 N–H and O–H groups in total. The molecular formula is C11H20ClNO2. The highest BCUT2D eigenvalue weighted by molar-refractivity contribution is 6.30. The number of likely N-dealkylation sites (tertiary alicyclic amines) is 1. The van der Waals surface area contributed by atoms with Crippen LogP contribution in [0.5, 0.6) is 0 Å². The summed E-state index contributed by atoms with van der Waals surface area (Å²) in [6, 6.07) is 0. The van der Waals surface area contributed by atoms with Crippen LogP contribution in [0.3, 0.4) is 0 Å². The quantitative estimate of drug-likeness (QED) is 0.753. The number of hydrogen-bond donors (Lipinski definition) is 1. The van der Waals surface area contributed by atoms with Gasteiger partial charge in [0.15, 0.2) is 0 Å². The van der Waals surface area contributed by atoms with E-state index in [2.05, 4.69) is 6.92 Å². The summed E-state index contributed by atoms with van der Waals surface area (Å²) >= 11 is 5.91. The summed E-state index contributed by atoms with van der Waals surface area (Å²) in [5.74, 6) is 0.0409. The van der Waals surface area contributed by atoms with Crippen molar-refractivity contribution in [3.63, 3.8) is 0 Å². The number of piperidine rings is 1. The van der Waals surface area contributed by atoms with Crippen LogP contribution in [0, 0.1) is 5.41 Å². The van der Waals surface area contributed by atoms with E-state index in [1.165, 1.54) is 0 Å². The molecule has 0 aromatic carbocycles. The predicted octanol–water partition coefficient (Wildman–Crippen LogP) is 1.62. The van der Waals surface area contributed by atoms with E-state index in [0.717, 1.165) is 25.9 Å². The lowest BCUT2D eigenvalue weighted by Crippen LogP contribution is -2.45. The van der Waals surface area contributed by atoms with Gasteiger partial charge in [0.2, 0.25) is 5.91 Å². The number of rotatable bonds is 3. The van der Waals surface area contributed by atoms with Gasteiger partial charge in [0.25, 0.3) is 0 Å². The Kier molecular flexibility index (Phi) is 4.41. The molecule has 0 aromatic rings. The summed E-state index contributed by atoms with van der Waals surface area (Å²) in [4.78, 5) is 13.6. The summed E-state index contributed by atoms with van der Waals surface area (Å²) in [6.45, 7) is 5.62. The predicted molar refractivity (Wildman–Crippen MR) is 60.9 cm³/mol. The molecule has 0 saturated carbocycles. The van der Waals surface area contributed by atoms with Gasteiger partial charge in [-0.15, -0.1) is 11.6 Å². The summed E-state index contributed by atoms with van der Waals surface area (Å²) in [7, 11) is 0. The van der Waals surface area contributed by atoms with Gasteiger partial charge in [-0.25, -0.2) is 0 Å². The number of halogens is 1. The summed E-state index contributed by atoms with van der Waals surface area (Å²) < 4.78 is 0. The molecule has 1 atom stereocenters. The highest BCUT2D eigenvalue weighted by Gasteiger charge is 2.32. The lowest BCUT2D eigenvalue weighted by atomic mass is 9.81. The van der Waals surface area contributed by atoms with Crippen molar-refractivity contribution in [1.29, 1.82) is 0 Å². The number of amides is 1. The van der Waals surface area contributed by atoms with Crippen molar-refractivity contribution in [3.05, 3.63) is 0 Å². The van der Waals surface area contributed by atoms with E-state index in [1.54, 1.807) is 0 Å². The Morgan fingerprint density at radius 2 is 2.07 bits per heavy atom. The van der Waals surface area contributed by atoms with Crippen molar-refractivity contribution in [2.75, 3.05) is 19.7 Å². The average Bonchev–Trinajstić information content (AvgIpc) is 2.28. The molecule has 1 amide bonds. The third-order valence-corrected chi connectivity index (χ3v) is 3.79. The molecule has 3 nitrogen and oxygen atoms in total. The Labute approximate surface area is 96.4 Å². The fourth-order valence-corrected chi connectivity index (χ4v) is 1.94. The van der Waals surface area contributed by atoms with E-state index in [-0.39, 0.29) is 23.3 Å². The topological polar surface area (TPSA) is 40.5 Å². The summed E-state index contributed by atoms with van der Waals surface area (Å²) in [6.07, 6.45) is 2.40. The molecule has 1 heterocycles. The summed E-state index contributed by atoms with van der Waals surface area (Å²) in [5.41, 5.74) is -0.00912. The van der Waals surface area contributed by atoms with Crippen LogP contribution in [0.15, 0.2) is 0 Å². The molecule has 15 heavy (non-hydrogen) atoms. The van der Waals surface area contributed by atoms with E-state index in [0.29, 0.717) is 6.42 Å². The zero-order chi connectivity index (χ0) is 11.5.